The van der Waals surface area contributed by atoms with Gasteiger partial charge in [0.15, 0.2) is 0 Å². The fourth-order valence-electron chi connectivity index (χ4n) is 4.13. The van der Waals surface area contributed by atoms with Crippen LogP contribution in [0, 0.1) is 12.8 Å². The van der Waals surface area contributed by atoms with E-state index < -0.39 is 11.5 Å². The Bertz CT molecular complexity index is 902. The second-order valence-electron chi connectivity index (χ2n) is 8.16. The number of nitrogens with one attached hydrogen (secondary N) is 1. The third-order valence-corrected chi connectivity index (χ3v) is 6.28. The summed E-state index contributed by atoms with van der Waals surface area (Å²) in [6, 6.07) is 13.5. The highest BCUT2D eigenvalue weighted by Crippen LogP contribution is 2.33. The number of carbonyl (C=O) groups excluding carboxylic acids is 1. The van der Waals surface area contributed by atoms with Gasteiger partial charge in [-0.15, -0.1) is 0 Å². The van der Waals surface area contributed by atoms with Gasteiger partial charge in [0.1, 0.15) is 5.54 Å². The number of carboxylic acid groups (broad SMARTS) is 1. The molecule has 160 valence electrons. The van der Waals surface area contributed by atoms with Crippen molar-refractivity contribution in [3.05, 3.63) is 58.6 Å². The molecule has 0 bridgehead atoms. The van der Waals surface area contributed by atoms with Crippen LogP contribution in [0.1, 0.15) is 36.8 Å². The number of carbonyl (C=O) groups is 2. The first-order valence-corrected chi connectivity index (χ1v) is 10.6. The Morgan fingerprint density at radius 2 is 1.77 bits per heavy atom. The van der Waals surface area contributed by atoms with Gasteiger partial charge in [-0.3, -0.25) is 4.79 Å². The molecular formula is C24H28ClNO4. The quantitative estimate of drug-likeness (QED) is 0.672. The lowest BCUT2D eigenvalue weighted by atomic mass is 9.76. The van der Waals surface area contributed by atoms with Crippen molar-refractivity contribution < 1.29 is 19.4 Å². The number of methoxy groups -OCH3 is 1. The summed E-state index contributed by atoms with van der Waals surface area (Å²) >= 11 is 5.97. The van der Waals surface area contributed by atoms with Crippen LogP contribution < -0.4 is 5.32 Å². The lowest BCUT2D eigenvalue weighted by Crippen LogP contribution is -2.57. The van der Waals surface area contributed by atoms with Crippen LogP contribution >= 0.6 is 11.6 Å². The van der Waals surface area contributed by atoms with Crippen molar-refractivity contribution in [2.75, 3.05) is 13.7 Å². The highest BCUT2D eigenvalue weighted by atomic mass is 35.5. The first kappa shape index (κ1) is 22.3. The minimum atomic E-state index is -1.19. The lowest BCUT2D eigenvalue weighted by Gasteiger charge is -2.37. The molecule has 0 atom stereocenters. The molecular weight excluding hydrogens is 402 g/mol. The Morgan fingerprint density at radius 3 is 2.37 bits per heavy atom. The van der Waals surface area contributed by atoms with Gasteiger partial charge in [0.05, 0.1) is 6.42 Å². The zero-order valence-corrected chi connectivity index (χ0v) is 18.2. The van der Waals surface area contributed by atoms with Gasteiger partial charge in [0.25, 0.3) is 0 Å². The lowest BCUT2D eigenvalue weighted by molar-refractivity contribution is -0.149. The fourth-order valence-corrected chi connectivity index (χ4v) is 4.26. The van der Waals surface area contributed by atoms with Gasteiger partial charge in [0.2, 0.25) is 5.91 Å². The number of hydrogen-bond acceptors (Lipinski definition) is 3. The summed E-state index contributed by atoms with van der Waals surface area (Å²) < 4.78 is 5.20. The molecule has 1 amide bonds. The van der Waals surface area contributed by atoms with E-state index in [1.165, 1.54) is 0 Å². The summed E-state index contributed by atoms with van der Waals surface area (Å²) in [7, 11) is 1.65. The summed E-state index contributed by atoms with van der Waals surface area (Å²) in [6.45, 7) is 2.58. The van der Waals surface area contributed by atoms with Crippen molar-refractivity contribution in [3.8, 4) is 11.1 Å². The molecule has 0 saturated heterocycles. The summed E-state index contributed by atoms with van der Waals surface area (Å²) in [5.74, 6) is -0.880. The van der Waals surface area contributed by atoms with Crippen LogP contribution in [0.2, 0.25) is 5.02 Å². The van der Waals surface area contributed by atoms with Crippen molar-refractivity contribution in [3.63, 3.8) is 0 Å². The number of carboxylic acids is 1. The second kappa shape index (κ2) is 9.63. The van der Waals surface area contributed by atoms with Gasteiger partial charge in [-0.25, -0.2) is 4.79 Å². The SMILES string of the molecule is COCC1CCC(NC(=O)Cc2cc(-c3ccc(Cl)cc3)ccc2C)(C(=O)O)CC1. The molecule has 0 unspecified atom stereocenters. The minimum Gasteiger partial charge on any atom is -0.480 e. The third-order valence-electron chi connectivity index (χ3n) is 6.03. The van der Waals surface area contributed by atoms with E-state index in [4.69, 9.17) is 16.3 Å². The highest BCUT2D eigenvalue weighted by molar-refractivity contribution is 6.30. The number of amides is 1. The van der Waals surface area contributed by atoms with Gasteiger partial charge in [-0.1, -0.05) is 41.9 Å². The molecule has 2 aromatic rings. The Labute approximate surface area is 182 Å². The Hall–Kier alpha value is -2.37. The summed E-state index contributed by atoms with van der Waals surface area (Å²) in [5, 5.41) is 13.3. The highest BCUT2D eigenvalue weighted by Gasteiger charge is 2.43. The molecule has 3 rings (SSSR count). The number of halogens is 1. The van der Waals surface area contributed by atoms with Crippen molar-refractivity contribution in [1.82, 2.24) is 5.32 Å². The first-order chi connectivity index (χ1) is 14.3. The van der Waals surface area contributed by atoms with E-state index in [-0.39, 0.29) is 12.3 Å². The molecule has 1 aliphatic carbocycles. The molecule has 0 radical (unpaired) electrons. The van der Waals surface area contributed by atoms with E-state index in [0.717, 1.165) is 35.1 Å². The van der Waals surface area contributed by atoms with E-state index in [9.17, 15) is 14.7 Å². The van der Waals surface area contributed by atoms with E-state index in [1.54, 1.807) is 7.11 Å². The van der Waals surface area contributed by atoms with Gasteiger partial charge in [0, 0.05) is 18.7 Å². The molecule has 1 fully saturated rings. The van der Waals surface area contributed by atoms with E-state index in [0.29, 0.717) is 30.4 Å². The number of rotatable bonds is 7. The Kier molecular flexibility index (Phi) is 7.16. The van der Waals surface area contributed by atoms with Crippen LogP contribution in [0.15, 0.2) is 42.5 Å². The van der Waals surface area contributed by atoms with Crippen molar-refractivity contribution >= 4 is 23.5 Å². The van der Waals surface area contributed by atoms with Gasteiger partial charge < -0.3 is 15.2 Å². The predicted octanol–water partition coefficient (Wildman–Crippen LogP) is 4.63. The van der Waals surface area contributed by atoms with Crippen molar-refractivity contribution in [1.29, 1.82) is 0 Å². The minimum absolute atomic E-state index is 0.143. The number of aryl methyl sites for hydroxylation is 1. The average Bonchev–Trinajstić information content (AvgIpc) is 2.72. The van der Waals surface area contributed by atoms with Crippen LogP contribution in [0.3, 0.4) is 0 Å². The molecule has 0 spiro atoms. The van der Waals surface area contributed by atoms with Crippen LogP contribution in [0.4, 0.5) is 0 Å². The van der Waals surface area contributed by atoms with Crippen molar-refractivity contribution in [2.45, 2.75) is 44.6 Å². The summed E-state index contributed by atoms with van der Waals surface area (Å²) in [6.07, 6.45) is 2.44. The smallest absolute Gasteiger partial charge is 0.329 e. The van der Waals surface area contributed by atoms with E-state index in [1.807, 2.05) is 49.4 Å². The zero-order chi connectivity index (χ0) is 21.7. The standard InChI is InChI=1S/C24H28ClNO4/c1-16-3-4-19(18-5-7-21(25)8-6-18)13-20(16)14-22(27)26-24(23(28)29)11-9-17(10-12-24)15-30-2/h3-8,13,17H,9-12,14-15H2,1-2H3,(H,26,27)(H,28,29). The maximum absolute atomic E-state index is 12.8. The largest absolute Gasteiger partial charge is 0.480 e. The Morgan fingerprint density at radius 1 is 1.13 bits per heavy atom. The normalized spacial score (nSPS) is 21.2. The summed E-state index contributed by atoms with van der Waals surface area (Å²) in [4.78, 5) is 24.8. The predicted molar refractivity (Wildman–Crippen MR) is 118 cm³/mol. The molecule has 0 aliphatic heterocycles. The molecule has 0 aromatic heterocycles. The molecule has 5 nitrogen and oxygen atoms in total. The number of aliphatic carboxylic acids is 1. The van der Waals surface area contributed by atoms with E-state index >= 15 is 0 Å². The average molecular weight is 430 g/mol. The van der Waals surface area contributed by atoms with Gasteiger partial charge in [-0.05, 0) is 72.9 Å². The molecule has 2 N–H and O–H groups in total. The van der Waals surface area contributed by atoms with Crippen LogP contribution in [0.5, 0.6) is 0 Å². The van der Waals surface area contributed by atoms with Crippen LogP contribution in [-0.4, -0.2) is 36.2 Å². The third kappa shape index (κ3) is 5.21. The van der Waals surface area contributed by atoms with Crippen LogP contribution in [0.25, 0.3) is 11.1 Å². The number of hydrogen-bond donors (Lipinski definition) is 2. The monoisotopic (exact) mass is 429 g/mol. The molecule has 1 saturated carbocycles. The first-order valence-electron chi connectivity index (χ1n) is 10.2. The molecule has 2 aromatic carbocycles. The zero-order valence-electron chi connectivity index (χ0n) is 17.4. The maximum Gasteiger partial charge on any atom is 0.329 e. The molecule has 1 aliphatic rings. The maximum atomic E-state index is 12.8. The molecule has 6 heteroatoms. The Balaban J connectivity index is 1.72. The molecule has 30 heavy (non-hydrogen) atoms. The fraction of sp³-hybridized carbons (Fsp3) is 0.417. The number of benzene rings is 2. The second-order valence-corrected chi connectivity index (χ2v) is 8.60. The van der Waals surface area contributed by atoms with Crippen molar-refractivity contribution in [2.24, 2.45) is 5.92 Å². The number of ether oxygens (including phenoxy) is 1. The topological polar surface area (TPSA) is 75.6 Å². The molecule has 0 heterocycles. The van der Waals surface area contributed by atoms with E-state index in [2.05, 4.69) is 5.32 Å². The van der Waals surface area contributed by atoms with Crippen LogP contribution in [-0.2, 0) is 20.7 Å². The van der Waals surface area contributed by atoms with Gasteiger partial charge in [-0.2, -0.15) is 0 Å². The summed E-state index contributed by atoms with van der Waals surface area (Å²) in [5.41, 5.74) is 2.69. The van der Waals surface area contributed by atoms with Gasteiger partial charge >= 0.3 is 5.97 Å².